The van der Waals surface area contributed by atoms with Gasteiger partial charge in [-0.3, -0.25) is 4.90 Å². The van der Waals surface area contributed by atoms with Crippen LogP contribution in [0.5, 0.6) is 17.2 Å². The van der Waals surface area contributed by atoms with E-state index >= 15 is 0 Å². The standard InChI is InChI=1S/C30H41N3O4/c1-4-29-31-15-19-33(29)17-6-20-36-28-21-25(9-12-27(28)35-3)22-32-16-5-13-30(34,14-18-32)23-37-26-10-7-24(2)8-11-26/h7-12,15,19,21,34H,4-6,13-14,16-18,20,22-23H2,1-3H3/t30-/m1/s1. The van der Waals surface area contributed by atoms with Crippen molar-refractivity contribution in [3.05, 3.63) is 71.8 Å². The van der Waals surface area contributed by atoms with Crippen LogP contribution >= 0.6 is 0 Å². The van der Waals surface area contributed by atoms with Crippen molar-refractivity contribution in [3.63, 3.8) is 0 Å². The molecule has 1 aliphatic rings. The van der Waals surface area contributed by atoms with Crippen molar-refractivity contribution in [1.82, 2.24) is 14.5 Å². The van der Waals surface area contributed by atoms with Crippen LogP contribution in [0.3, 0.4) is 0 Å². The molecule has 0 aliphatic carbocycles. The van der Waals surface area contributed by atoms with E-state index in [0.717, 1.165) is 74.9 Å². The molecule has 200 valence electrons. The fraction of sp³-hybridized carbons (Fsp3) is 0.500. The zero-order chi connectivity index (χ0) is 26.1. The van der Waals surface area contributed by atoms with Crippen LogP contribution < -0.4 is 14.2 Å². The number of hydrogen-bond donors (Lipinski definition) is 1. The Hall–Kier alpha value is -3.03. The Morgan fingerprint density at radius 3 is 2.65 bits per heavy atom. The molecule has 1 saturated heterocycles. The monoisotopic (exact) mass is 507 g/mol. The summed E-state index contributed by atoms with van der Waals surface area (Å²) >= 11 is 0. The second-order valence-electron chi connectivity index (χ2n) is 10.0. The molecule has 4 rings (SSSR count). The summed E-state index contributed by atoms with van der Waals surface area (Å²) in [7, 11) is 1.68. The van der Waals surface area contributed by atoms with Crippen LogP contribution in [0.4, 0.5) is 0 Å². The first-order valence-electron chi connectivity index (χ1n) is 13.4. The predicted molar refractivity (Wildman–Crippen MR) is 145 cm³/mol. The van der Waals surface area contributed by atoms with Gasteiger partial charge in [-0.15, -0.1) is 0 Å². The number of benzene rings is 2. The molecule has 0 radical (unpaired) electrons. The van der Waals surface area contributed by atoms with Gasteiger partial charge in [-0.1, -0.05) is 30.7 Å². The zero-order valence-corrected chi connectivity index (χ0v) is 22.5. The van der Waals surface area contributed by atoms with Crippen molar-refractivity contribution in [2.45, 2.75) is 64.6 Å². The van der Waals surface area contributed by atoms with E-state index in [0.29, 0.717) is 19.6 Å². The second kappa shape index (κ2) is 13.0. The summed E-state index contributed by atoms with van der Waals surface area (Å²) < 4.78 is 19.8. The minimum absolute atomic E-state index is 0.323. The maximum atomic E-state index is 11.2. The van der Waals surface area contributed by atoms with Crippen LogP contribution in [0.25, 0.3) is 0 Å². The third-order valence-corrected chi connectivity index (χ3v) is 7.09. The number of aryl methyl sites for hydroxylation is 3. The van der Waals surface area contributed by atoms with Gasteiger partial charge in [0.15, 0.2) is 11.5 Å². The van der Waals surface area contributed by atoms with Gasteiger partial charge in [0, 0.05) is 38.4 Å². The molecule has 2 aromatic carbocycles. The highest BCUT2D eigenvalue weighted by Gasteiger charge is 2.31. The van der Waals surface area contributed by atoms with Gasteiger partial charge in [0.05, 0.1) is 19.3 Å². The van der Waals surface area contributed by atoms with Gasteiger partial charge in [0.25, 0.3) is 0 Å². The van der Waals surface area contributed by atoms with E-state index in [1.54, 1.807) is 7.11 Å². The lowest BCUT2D eigenvalue weighted by Gasteiger charge is -2.27. The van der Waals surface area contributed by atoms with Gasteiger partial charge in [0.1, 0.15) is 18.2 Å². The number of nitrogens with zero attached hydrogens (tertiary/aromatic N) is 3. The average molecular weight is 508 g/mol. The summed E-state index contributed by atoms with van der Waals surface area (Å²) in [6.07, 6.45) is 8.06. The second-order valence-corrected chi connectivity index (χ2v) is 10.0. The van der Waals surface area contributed by atoms with Crippen molar-refractivity contribution in [3.8, 4) is 17.2 Å². The van der Waals surface area contributed by atoms with Gasteiger partial charge in [0.2, 0.25) is 0 Å². The van der Waals surface area contributed by atoms with Crippen molar-refractivity contribution in [2.75, 3.05) is 33.4 Å². The number of aliphatic hydroxyl groups is 1. The molecule has 1 fully saturated rings. The van der Waals surface area contributed by atoms with Gasteiger partial charge < -0.3 is 23.9 Å². The van der Waals surface area contributed by atoms with Crippen LogP contribution in [0.15, 0.2) is 54.9 Å². The van der Waals surface area contributed by atoms with Gasteiger partial charge in [-0.25, -0.2) is 4.98 Å². The fourth-order valence-corrected chi connectivity index (χ4v) is 4.85. The Labute approximate surface area is 221 Å². The summed E-state index contributed by atoms with van der Waals surface area (Å²) in [6, 6.07) is 14.2. The molecule has 1 N–H and O–H groups in total. The van der Waals surface area contributed by atoms with E-state index in [1.807, 2.05) is 42.7 Å². The third kappa shape index (κ3) is 7.73. The lowest BCUT2D eigenvalue weighted by molar-refractivity contribution is -0.0168. The van der Waals surface area contributed by atoms with Gasteiger partial charge in [-0.05, 0) is 69.0 Å². The summed E-state index contributed by atoms with van der Waals surface area (Å²) in [4.78, 5) is 6.79. The van der Waals surface area contributed by atoms with Crippen molar-refractivity contribution >= 4 is 0 Å². The Kier molecular flexibility index (Phi) is 9.47. The van der Waals surface area contributed by atoms with Crippen LogP contribution in [0.2, 0.25) is 0 Å². The topological polar surface area (TPSA) is 69.0 Å². The highest BCUT2D eigenvalue weighted by Crippen LogP contribution is 2.30. The molecule has 2 heterocycles. The van der Waals surface area contributed by atoms with Crippen LogP contribution in [-0.2, 0) is 19.5 Å². The number of rotatable bonds is 12. The third-order valence-electron chi connectivity index (χ3n) is 7.09. The Morgan fingerprint density at radius 1 is 1.03 bits per heavy atom. The number of hydrogen-bond acceptors (Lipinski definition) is 6. The normalized spacial score (nSPS) is 18.4. The summed E-state index contributed by atoms with van der Waals surface area (Å²) in [5.41, 5.74) is 1.57. The summed E-state index contributed by atoms with van der Waals surface area (Å²) in [5.74, 6) is 3.44. The highest BCUT2D eigenvalue weighted by atomic mass is 16.5. The first kappa shape index (κ1) is 27.0. The van der Waals surface area contributed by atoms with E-state index in [2.05, 4.69) is 40.4 Å². The fourth-order valence-electron chi connectivity index (χ4n) is 4.85. The highest BCUT2D eigenvalue weighted by molar-refractivity contribution is 5.43. The molecular weight excluding hydrogens is 466 g/mol. The Morgan fingerprint density at radius 2 is 1.86 bits per heavy atom. The minimum atomic E-state index is -0.805. The maximum Gasteiger partial charge on any atom is 0.161 e. The Balaban J connectivity index is 1.28. The van der Waals surface area contributed by atoms with Crippen LogP contribution in [-0.4, -0.2) is 58.6 Å². The lowest BCUT2D eigenvalue weighted by Crippen LogP contribution is -2.37. The predicted octanol–water partition coefficient (Wildman–Crippen LogP) is 5.03. The van der Waals surface area contributed by atoms with E-state index in [9.17, 15) is 5.11 Å². The first-order chi connectivity index (χ1) is 18.0. The average Bonchev–Trinajstić information content (AvgIpc) is 3.29. The molecule has 0 unspecified atom stereocenters. The first-order valence-corrected chi connectivity index (χ1v) is 13.4. The van der Waals surface area contributed by atoms with E-state index in [1.165, 1.54) is 11.1 Å². The molecule has 0 amide bonds. The molecular formula is C30H41N3O4. The molecule has 7 heteroatoms. The molecule has 1 aliphatic heterocycles. The SMILES string of the molecule is CCc1nccn1CCCOc1cc(CN2CCC[C@](O)(COc3ccc(C)cc3)CC2)ccc1OC. The largest absolute Gasteiger partial charge is 0.493 e. The van der Waals surface area contributed by atoms with Crippen molar-refractivity contribution < 1.29 is 19.3 Å². The number of ether oxygens (including phenoxy) is 3. The molecule has 0 saturated carbocycles. The summed E-state index contributed by atoms with van der Waals surface area (Å²) in [5, 5.41) is 11.2. The lowest BCUT2D eigenvalue weighted by atomic mass is 9.96. The molecule has 0 bridgehead atoms. The number of aromatic nitrogens is 2. The van der Waals surface area contributed by atoms with Gasteiger partial charge >= 0.3 is 0 Å². The molecule has 7 nitrogen and oxygen atoms in total. The Bertz CT molecular complexity index is 1110. The van der Waals surface area contributed by atoms with Crippen LogP contribution in [0.1, 0.15) is 49.6 Å². The molecule has 1 atom stereocenters. The smallest absolute Gasteiger partial charge is 0.161 e. The quantitative estimate of drug-likeness (QED) is 0.347. The van der Waals surface area contributed by atoms with E-state index < -0.39 is 5.60 Å². The van der Waals surface area contributed by atoms with Crippen molar-refractivity contribution in [2.24, 2.45) is 0 Å². The van der Waals surface area contributed by atoms with Crippen molar-refractivity contribution in [1.29, 1.82) is 0 Å². The molecule has 0 spiro atoms. The summed E-state index contributed by atoms with van der Waals surface area (Å²) in [6.45, 7) is 8.57. The number of methoxy groups -OCH3 is 1. The number of likely N-dealkylation sites (tertiary alicyclic amines) is 1. The maximum absolute atomic E-state index is 11.2. The van der Waals surface area contributed by atoms with Gasteiger partial charge in [-0.2, -0.15) is 0 Å². The molecule has 3 aromatic rings. The van der Waals surface area contributed by atoms with E-state index in [4.69, 9.17) is 14.2 Å². The van der Waals surface area contributed by atoms with Crippen LogP contribution in [0, 0.1) is 6.92 Å². The molecule has 1 aromatic heterocycles. The zero-order valence-electron chi connectivity index (χ0n) is 22.5. The minimum Gasteiger partial charge on any atom is -0.493 e. The van der Waals surface area contributed by atoms with E-state index in [-0.39, 0.29) is 0 Å². The molecule has 37 heavy (non-hydrogen) atoms. The number of imidazole rings is 1.